The number of hydrogen-bond donors (Lipinski definition) is 0. The number of aryl methyl sites for hydroxylation is 2. The van der Waals surface area contributed by atoms with Crippen LogP contribution in [0, 0.1) is 13.8 Å². The summed E-state index contributed by atoms with van der Waals surface area (Å²) in [4.78, 5) is 4.80. The summed E-state index contributed by atoms with van der Waals surface area (Å²) >= 11 is 0. The first kappa shape index (κ1) is 16.5. The lowest BCUT2D eigenvalue weighted by atomic mass is 9.86. The molecule has 3 rings (SSSR count). The fourth-order valence-corrected chi connectivity index (χ4v) is 3.10. The van der Waals surface area contributed by atoms with Crippen LogP contribution in [0.25, 0.3) is 17.1 Å². The van der Waals surface area contributed by atoms with Crippen molar-refractivity contribution in [2.45, 2.75) is 46.5 Å². The van der Waals surface area contributed by atoms with Gasteiger partial charge in [0.1, 0.15) is 5.82 Å². The third kappa shape index (κ3) is 2.89. The highest BCUT2D eigenvalue weighted by Gasteiger charge is 2.26. The topological polar surface area (TPSA) is 17.8 Å². The lowest BCUT2D eigenvalue weighted by Gasteiger charge is -2.26. The number of benzene rings is 2. The average molecular weight is 318 g/mol. The summed E-state index contributed by atoms with van der Waals surface area (Å²) in [5.41, 5.74) is 6.25. The van der Waals surface area contributed by atoms with Crippen LogP contribution in [0.1, 0.15) is 44.0 Å². The SMILES string of the molecule is CCC(C)(C)c1cnc(-c2ccccc2)n1-c1ccc(C)cc1C. The van der Waals surface area contributed by atoms with E-state index >= 15 is 0 Å². The maximum Gasteiger partial charge on any atom is 0.144 e. The highest BCUT2D eigenvalue weighted by Crippen LogP contribution is 2.34. The summed E-state index contributed by atoms with van der Waals surface area (Å²) in [7, 11) is 0. The summed E-state index contributed by atoms with van der Waals surface area (Å²) < 4.78 is 2.34. The van der Waals surface area contributed by atoms with Gasteiger partial charge in [0.2, 0.25) is 0 Å². The van der Waals surface area contributed by atoms with Gasteiger partial charge in [-0.15, -0.1) is 0 Å². The Kier molecular flexibility index (Phi) is 4.31. The number of aromatic nitrogens is 2. The van der Waals surface area contributed by atoms with E-state index in [9.17, 15) is 0 Å². The van der Waals surface area contributed by atoms with Crippen molar-refractivity contribution in [2.75, 3.05) is 0 Å². The van der Waals surface area contributed by atoms with Crippen molar-refractivity contribution >= 4 is 0 Å². The molecule has 1 heterocycles. The van der Waals surface area contributed by atoms with Crippen molar-refractivity contribution in [1.29, 1.82) is 0 Å². The van der Waals surface area contributed by atoms with Crippen LogP contribution in [0.15, 0.2) is 54.7 Å². The standard InChI is InChI=1S/C22H26N2/c1-6-22(4,5)20-15-23-21(18-10-8-7-9-11-18)24(20)19-13-12-16(2)14-17(19)3/h7-15H,6H2,1-5H3. The van der Waals surface area contributed by atoms with E-state index < -0.39 is 0 Å². The summed E-state index contributed by atoms with van der Waals surface area (Å²) in [6.45, 7) is 11.1. The van der Waals surface area contributed by atoms with Gasteiger partial charge in [0.05, 0.1) is 5.69 Å². The number of hydrogen-bond acceptors (Lipinski definition) is 1. The molecule has 0 amide bonds. The molecule has 2 nitrogen and oxygen atoms in total. The predicted molar refractivity (Wildman–Crippen MR) is 102 cm³/mol. The Labute approximate surface area is 145 Å². The molecule has 0 aliphatic carbocycles. The van der Waals surface area contributed by atoms with E-state index in [1.165, 1.54) is 22.5 Å². The first-order chi connectivity index (χ1) is 11.4. The van der Waals surface area contributed by atoms with E-state index in [0.717, 1.165) is 17.8 Å². The molecule has 0 atom stereocenters. The third-order valence-electron chi connectivity index (χ3n) is 4.96. The van der Waals surface area contributed by atoms with Crippen molar-refractivity contribution in [2.24, 2.45) is 0 Å². The zero-order valence-electron chi connectivity index (χ0n) is 15.3. The number of nitrogens with zero attached hydrogens (tertiary/aromatic N) is 2. The molecule has 0 unspecified atom stereocenters. The maximum atomic E-state index is 4.80. The van der Waals surface area contributed by atoms with Gasteiger partial charge in [0, 0.05) is 22.9 Å². The van der Waals surface area contributed by atoms with Crippen LogP contribution in [0.3, 0.4) is 0 Å². The number of imidazole rings is 1. The Bertz CT molecular complexity index is 842. The van der Waals surface area contributed by atoms with Crippen molar-refractivity contribution in [1.82, 2.24) is 9.55 Å². The zero-order valence-corrected chi connectivity index (χ0v) is 15.3. The Hall–Kier alpha value is -2.35. The molecule has 0 N–H and O–H groups in total. The highest BCUT2D eigenvalue weighted by atomic mass is 15.1. The summed E-state index contributed by atoms with van der Waals surface area (Å²) in [6, 6.07) is 17.1. The lowest BCUT2D eigenvalue weighted by molar-refractivity contribution is 0.482. The molecule has 0 saturated heterocycles. The van der Waals surface area contributed by atoms with Crippen LogP contribution in [0.5, 0.6) is 0 Å². The van der Waals surface area contributed by atoms with Gasteiger partial charge in [-0.25, -0.2) is 4.98 Å². The first-order valence-electron chi connectivity index (χ1n) is 8.65. The van der Waals surface area contributed by atoms with E-state index in [1.54, 1.807) is 0 Å². The van der Waals surface area contributed by atoms with Crippen molar-refractivity contribution < 1.29 is 0 Å². The molecule has 0 radical (unpaired) electrons. The third-order valence-corrected chi connectivity index (χ3v) is 4.96. The van der Waals surface area contributed by atoms with Crippen molar-refractivity contribution in [3.05, 3.63) is 71.5 Å². The summed E-state index contributed by atoms with van der Waals surface area (Å²) in [6.07, 6.45) is 3.11. The smallest absolute Gasteiger partial charge is 0.144 e. The highest BCUT2D eigenvalue weighted by molar-refractivity contribution is 5.61. The van der Waals surface area contributed by atoms with Gasteiger partial charge in [-0.1, -0.05) is 68.8 Å². The molecule has 2 aromatic carbocycles. The average Bonchev–Trinajstić information content (AvgIpc) is 3.01. The monoisotopic (exact) mass is 318 g/mol. The predicted octanol–water partition coefficient (Wildman–Crippen LogP) is 5.84. The van der Waals surface area contributed by atoms with E-state index in [4.69, 9.17) is 4.98 Å². The Morgan fingerprint density at radius 2 is 1.71 bits per heavy atom. The zero-order chi connectivity index (χ0) is 17.3. The van der Waals surface area contributed by atoms with Crippen LogP contribution in [-0.2, 0) is 5.41 Å². The fraction of sp³-hybridized carbons (Fsp3) is 0.318. The molecule has 1 aromatic heterocycles. The maximum absolute atomic E-state index is 4.80. The Balaban J connectivity index is 2.30. The van der Waals surface area contributed by atoms with Gasteiger partial charge in [0.15, 0.2) is 0 Å². The minimum Gasteiger partial charge on any atom is -0.296 e. The minimum atomic E-state index is 0.0668. The molecule has 0 aliphatic rings. The lowest BCUT2D eigenvalue weighted by Crippen LogP contribution is -2.20. The summed E-state index contributed by atoms with van der Waals surface area (Å²) in [5, 5.41) is 0. The molecule has 0 fully saturated rings. The fourth-order valence-electron chi connectivity index (χ4n) is 3.10. The van der Waals surface area contributed by atoms with E-state index in [2.05, 4.69) is 81.7 Å². The van der Waals surface area contributed by atoms with Gasteiger partial charge >= 0.3 is 0 Å². The number of rotatable bonds is 4. The van der Waals surface area contributed by atoms with Gasteiger partial charge in [-0.3, -0.25) is 4.57 Å². The second kappa shape index (κ2) is 6.27. The van der Waals surface area contributed by atoms with Gasteiger partial charge in [-0.05, 0) is 31.9 Å². The van der Waals surface area contributed by atoms with E-state index in [1.807, 2.05) is 12.3 Å². The van der Waals surface area contributed by atoms with Crippen molar-refractivity contribution in [3.63, 3.8) is 0 Å². The molecule has 124 valence electrons. The van der Waals surface area contributed by atoms with E-state index in [0.29, 0.717) is 0 Å². The molecular weight excluding hydrogens is 292 g/mol. The van der Waals surface area contributed by atoms with Gasteiger partial charge in [0.25, 0.3) is 0 Å². The molecule has 0 saturated carbocycles. The van der Waals surface area contributed by atoms with Gasteiger partial charge in [-0.2, -0.15) is 0 Å². The van der Waals surface area contributed by atoms with Crippen LogP contribution >= 0.6 is 0 Å². The molecule has 24 heavy (non-hydrogen) atoms. The van der Waals surface area contributed by atoms with Crippen LogP contribution in [-0.4, -0.2) is 9.55 Å². The quantitative estimate of drug-likeness (QED) is 0.590. The Morgan fingerprint density at radius 3 is 2.33 bits per heavy atom. The summed E-state index contributed by atoms with van der Waals surface area (Å²) in [5.74, 6) is 1.01. The normalized spacial score (nSPS) is 11.7. The van der Waals surface area contributed by atoms with Crippen LogP contribution in [0.2, 0.25) is 0 Å². The van der Waals surface area contributed by atoms with Crippen molar-refractivity contribution in [3.8, 4) is 17.1 Å². The van der Waals surface area contributed by atoms with Gasteiger partial charge < -0.3 is 0 Å². The second-order valence-electron chi connectivity index (χ2n) is 7.20. The minimum absolute atomic E-state index is 0.0668. The molecule has 2 heteroatoms. The second-order valence-corrected chi connectivity index (χ2v) is 7.20. The first-order valence-corrected chi connectivity index (χ1v) is 8.65. The molecule has 0 aliphatic heterocycles. The van der Waals surface area contributed by atoms with E-state index in [-0.39, 0.29) is 5.41 Å². The molecular formula is C22H26N2. The van der Waals surface area contributed by atoms with Crippen LogP contribution in [0.4, 0.5) is 0 Å². The Morgan fingerprint density at radius 1 is 1.00 bits per heavy atom. The largest absolute Gasteiger partial charge is 0.296 e. The molecule has 0 bridgehead atoms. The van der Waals surface area contributed by atoms with Crippen LogP contribution < -0.4 is 0 Å². The molecule has 0 spiro atoms. The molecule has 3 aromatic rings.